The molecule has 0 unspecified atom stereocenters. The zero-order valence-electron chi connectivity index (χ0n) is 7.15. The number of rotatable bonds is 4. The second kappa shape index (κ2) is 4.58. The molecule has 70 valence electrons. The fourth-order valence-electron chi connectivity index (χ4n) is 0.814. The molecule has 1 amide bonds. The van der Waals surface area contributed by atoms with Crippen LogP contribution in [-0.4, -0.2) is 40.3 Å². The van der Waals surface area contributed by atoms with Crippen LogP contribution in [0.1, 0.15) is 13.8 Å². The molecule has 0 saturated carbocycles. The van der Waals surface area contributed by atoms with Gasteiger partial charge in [-0.25, -0.2) is 4.79 Å². The Morgan fingerprint density at radius 3 is 2.08 bits per heavy atom. The normalized spacial score (nSPS) is 9.92. The van der Waals surface area contributed by atoms with Crippen LogP contribution in [0.3, 0.4) is 0 Å². The fourth-order valence-corrected chi connectivity index (χ4v) is 0.814. The first-order chi connectivity index (χ1) is 5.43. The van der Waals surface area contributed by atoms with Gasteiger partial charge in [0.25, 0.3) is 0 Å². The van der Waals surface area contributed by atoms with Gasteiger partial charge in [-0.3, -0.25) is 9.69 Å². The van der Waals surface area contributed by atoms with Crippen LogP contribution >= 0.6 is 0 Å². The van der Waals surface area contributed by atoms with Gasteiger partial charge in [0.1, 0.15) is 6.54 Å². The molecule has 5 nitrogen and oxygen atoms in total. The average molecular weight is 175 g/mol. The zero-order chi connectivity index (χ0) is 9.72. The second-order valence-electron chi connectivity index (χ2n) is 2.95. The molecule has 0 bridgehead atoms. The molecule has 0 aliphatic rings. The predicted molar refractivity (Wildman–Crippen MR) is 42.1 cm³/mol. The standard InChI is InChI=1S/C7H13NO4/c1-5(2)3-8(7(11)12)4-6(9)10/h5H,3-4H2,1-2H3,(H,9,10)(H,11,12). The summed E-state index contributed by atoms with van der Waals surface area (Å²) in [6, 6.07) is 0. The van der Waals surface area contributed by atoms with Crippen LogP contribution in [0.25, 0.3) is 0 Å². The maximum absolute atomic E-state index is 10.4. The molecule has 0 aromatic heterocycles. The van der Waals surface area contributed by atoms with E-state index in [4.69, 9.17) is 10.2 Å². The van der Waals surface area contributed by atoms with E-state index < -0.39 is 18.6 Å². The third kappa shape index (κ3) is 4.54. The lowest BCUT2D eigenvalue weighted by molar-refractivity contribution is -0.138. The maximum atomic E-state index is 10.4. The summed E-state index contributed by atoms with van der Waals surface area (Å²) in [4.78, 5) is 21.5. The Labute approximate surface area is 70.6 Å². The molecule has 0 aromatic rings. The van der Waals surface area contributed by atoms with Crippen molar-refractivity contribution in [2.75, 3.05) is 13.1 Å². The highest BCUT2D eigenvalue weighted by atomic mass is 16.4. The van der Waals surface area contributed by atoms with Gasteiger partial charge < -0.3 is 10.2 Å². The quantitative estimate of drug-likeness (QED) is 0.659. The Morgan fingerprint density at radius 1 is 1.33 bits per heavy atom. The third-order valence-corrected chi connectivity index (χ3v) is 1.18. The summed E-state index contributed by atoms with van der Waals surface area (Å²) in [7, 11) is 0. The molecule has 0 fully saturated rings. The van der Waals surface area contributed by atoms with E-state index in [0.29, 0.717) is 0 Å². The van der Waals surface area contributed by atoms with Gasteiger partial charge in [-0.2, -0.15) is 0 Å². The van der Waals surface area contributed by atoms with Crippen molar-refractivity contribution < 1.29 is 19.8 Å². The largest absolute Gasteiger partial charge is 0.480 e. The van der Waals surface area contributed by atoms with Crippen LogP contribution in [0.2, 0.25) is 0 Å². The van der Waals surface area contributed by atoms with Gasteiger partial charge in [0.05, 0.1) is 0 Å². The minimum Gasteiger partial charge on any atom is -0.480 e. The number of hydrogen-bond acceptors (Lipinski definition) is 2. The lowest BCUT2D eigenvalue weighted by Gasteiger charge is -2.18. The number of carboxylic acid groups (broad SMARTS) is 2. The molecule has 0 saturated heterocycles. The molecule has 0 radical (unpaired) electrons. The molecule has 0 aliphatic carbocycles. The molecule has 0 heterocycles. The SMILES string of the molecule is CC(C)CN(CC(=O)O)C(=O)O. The molecule has 0 aliphatic heterocycles. The highest BCUT2D eigenvalue weighted by Gasteiger charge is 2.15. The number of carboxylic acids is 1. The van der Waals surface area contributed by atoms with Crippen LogP contribution in [-0.2, 0) is 4.79 Å². The molecule has 12 heavy (non-hydrogen) atoms. The predicted octanol–water partition coefficient (Wildman–Crippen LogP) is 0.707. The van der Waals surface area contributed by atoms with E-state index >= 15 is 0 Å². The van der Waals surface area contributed by atoms with Crippen molar-refractivity contribution in [1.29, 1.82) is 0 Å². The molecule has 2 N–H and O–H groups in total. The summed E-state index contributed by atoms with van der Waals surface area (Å²) in [6.45, 7) is 3.46. The topological polar surface area (TPSA) is 77.8 Å². The lowest BCUT2D eigenvalue weighted by Crippen LogP contribution is -2.37. The average Bonchev–Trinajstić information content (AvgIpc) is 1.83. The van der Waals surface area contributed by atoms with Gasteiger partial charge in [0.2, 0.25) is 0 Å². The number of aliphatic carboxylic acids is 1. The van der Waals surface area contributed by atoms with Gasteiger partial charge in [-0.1, -0.05) is 13.8 Å². The first-order valence-electron chi connectivity index (χ1n) is 3.63. The molecule has 0 aromatic carbocycles. The van der Waals surface area contributed by atoms with Crippen molar-refractivity contribution in [1.82, 2.24) is 4.90 Å². The molecule has 5 heteroatoms. The van der Waals surface area contributed by atoms with Crippen molar-refractivity contribution >= 4 is 12.1 Å². The molecular formula is C7H13NO4. The van der Waals surface area contributed by atoms with Crippen LogP contribution in [0.4, 0.5) is 4.79 Å². The Balaban J connectivity index is 4.04. The first kappa shape index (κ1) is 10.7. The fraction of sp³-hybridized carbons (Fsp3) is 0.714. The Kier molecular flexibility index (Phi) is 4.10. The van der Waals surface area contributed by atoms with Gasteiger partial charge in [0, 0.05) is 6.54 Å². The lowest BCUT2D eigenvalue weighted by atomic mass is 10.2. The minimum atomic E-state index is -1.19. The van der Waals surface area contributed by atoms with Gasteiger partial charge in [-0.15, -0.1) is 0 Å². The second-order valence-corrected chi connectivity index (χ2v) is 2.95. The van der Waals surface area contributed by atoms with Crippen molar-refractivity contribution in [3.05, 3.63) is 0 Å². The Bertz CT molecular complexity index is 178. The summed E-state index contributed by atoms with van der Waals surface area (Å²) in [5, 5.41) is 16.9. The van der Waals surface area contributed by atoms with E-state index in [2.05, 4.69) is 0 Å². The summed E-state index contributed by atoms with van der Waals surface area (Å²) < 4.78 is 0. The van der Waals surface area contributed by atoms with Crippen molar-refractivity contribution in [3.63, 3.8) is 0 Å². The van der Waals surface area contributed by atoms with Crippen molar-refractivity contribution in [3.8, 4) is 0 Å². The van der Waals surface area contributed by atoms with E-state index in [9.17, 15) is 9.59 Å². The Morgan fingerprint density at radius 2 is 1.83 bits per heavy atom. The number of amides is 1. The van der Waals surface area contributed by atoms with Crippen LogP contribution in [0, 0.1) is 5.92 Å². The number of carbonyl (C=O) groups is 2. The van der Waals surface area contributed by atoms with E-state index in [-0.39, 0.29) is 12.5 Å². The number of nitrogens with zero attached hydrogens (tertiary/aromatic N) is 1. The molecule has 0 rings (SSSR count). The van der Waals surface area contributed by atoms with E-state index in [1.165, 1.54) is 0 Å². The molecule has 0 spiro atoms. The minimum absolute atomic E-state index is 0.139. The van der Waals surface area contributed by atoms with Gasteiger partial charge in [-0.05, 0) is 5.92 Å². The van der Waals surface area contributed by atoms with Crippen LogP contribution in [0.15, 0.2) is 0 Å². The summed E-state index contributed by atoms with van der Waals surface area (Å²) >= 11 is 0. The highest BCUT2D eigenvalue weighted by molar-refractivity contribution is 5.75. The molecular weight excluding hydrogens is 162 g/mol. The van der Waals surface area contributed by atoms with Gasteiger partial charge >= 0.3 is 12.1 Å². The van der Waals surface area contributed by atoms with Crippen LogP contribution in [0.5, 0.6) is 0 Å². The smallest absolute Gasteiger partial charge is 0.407 e. The molecule has 0 atom stereocenters. The van der Waals surface area contributed by atoms with Crippen molar-refractivity contribution in [2.24, 2.45) is 5.92 Å². The monoisotopic (exact) mass is 175 g/mol. The maximum Gasteiger partial charge on any atom is 0.407 e. The van der Waals surface area contributed by atoms with E-state index in [1.54, 1.807) is 0 Å². The zero-order valence-corrected chi connectivity index (χ0v) is 7.15. The Hall–Kier alpha value is -1.26. The van der Waals surface area contributed by atoms with Gasteiger partial charge in [0.15, 0.2) is 0 Å². The first-order valence-corrected chi connectivity index (χ1v) is 3.63. The number of hydrogen-bond donors (Lipinski definition) is 2. The highest BCUT2D eigenvalue weighted by Crippen LogP contribution is 1.98. The van der Waals surface area contributed by atoms with Crippen LogP contribution < -0.4 is 0 Å². The van der Waals surface area contributed by atoms with Crippen molar-refractivity contribution in [2.45, 2.75) is 13.8 Å². The summed E-state index contributed by atoms with van der Waals surface area (Å²) in [5.41, 5.74) is 0. The summed E-state index contributed by atoms with van der Waals surface area (Å²) in [5.74, 6) is -0.988. The third-order valence-electron chi connectivity index (χ3n) is 1.18. The van der Waals surface area contributed by atoms with E-state index in [0.717, 1.165) is 4.90 Å². The van der Waals surface area contributed by atoms with E-state index in [1.807, 2.05) is 13.8 Å². The summed E-state index contributed by atoms with van der Waals surface area (Å²) in [6.07, 6.45) is -1.19.